The van der Waals surface area contributed by atoms with Crippen LogP contribution in [0, 0.1) is 25.7 Å². The molecule has 9 nitrogen and oxygen atoms in total. The second-order valence-electron chi connectivity index (χ2n) is 8.79. The van der Waals surface area contributed by atoms with Crippen molar-refractivity contribution in [3.05, 3.63) is 29.7 Å². The molecular weight excluding hydrogens is 372 g/mol. The van der Waals surface area contributed by atoms with E-state index in [1.807, 2.05) is 31.9 Å². The Morgan fingerprint density at radius 1 is 1.38 bits per heavy atom. The SMILES string of the molecule is Cc1cnn(CC(=O)N[C@@H]2C[C@H]3CN(C(=O)C(C)C)C[C@@]3(c3nc(C)no3)C2)c1. The number of hydrogen-bond acceptors (Lipinski definition) is 6. The molecule has 9 heteroatoms. The fourth-order valence-electron chi connectivity index (χ4n) is 4.82. The summed E-state index contributed by atoms with van der Waals surface area (Å²) >= 11 is 0. The lowest BCUT2D eigenvalue weighted by Gasteiger charge is -2.26. The van der Waals surface area contributed by atoms with Crippen LogP contribution in [0.25, 0.3) is 0 Å². The number of fused-ring (bicyclic) bond motifs is 1. The summed E-state index contributed by atoms with van der Waals surface area (Å²) in [5.41, 5.74) is 0.625. The molecular formula is C20H28N6O3. The van der Waals surface area contributed by atoms with Crippen LogP contribution < -0.4 is 5.32 Å². The van der Waals surface area contributed by atoms with Crippen LogP contribution >= 0.6 is 0 Å². The van der Waals surface area contributed by atoms with Gasteiger partial charge < -0.3 is 14.7 Å². The second kappa shape index (κ2) is 7.27. The van der Waals surface area contributed by atoms with Gasteiger partial charge in [-0.05, 0) is 38.2 Å². The first-order valence-corrected chi connectivity index (χ1v) is 10.1. The maximum Gasteiger partial charge on any atom is 0.241 e. The lowest BCUT2D eigenvalue weighted by molar-refractivity contribution is -0.134. The molecule has 2 aromatic heterocycles. The van der Waals surface area contributed by atoms with Crippen LogP contribution in [-0.2, 0) is 21.5 Å². The Morgan fingerprint density at radius 3 is 2.79 bits per heavy atom. The fourth-order valence-corrected chi connectivity index (χ4v) is 4.82. The van der Waals surface area contributed by atoms with E-state index in [1.54, 1.807) is 17.8 Å². The first kappa shape index (κ1) is 19.6. The molecule has 29 heavy (non-hydrogen) atoms. The monoisotopic (exact) mass is 400 g/mol. The van der Waals surface area contributed by atoms with Crippen molar-refractivity contribution in [1.82, 2.24) is 30.1 Å². The summed E-state index contributed by atoms with van der Waals surface area (Å²) in [5.74, 6) is 1.38. The molecule has 2 fully saturated rings. The van der Waals surface area contributed by atoms with Gasteiger partial charge in [0.05, 0.1) is 11.6 Å². The van der Waals surface area contributed by atoms with Crippen molar-refractivity contribution in [2.45, 2.75) is 58.5 Å². The molecule has 3 heterocycles. The van der Waals surface area contributed by atoms with Crippen molar-refractivity contribution in [1.29, 1.82) is 0 Å². The number of likely N-dealkylation sites (tertiary alicyclic amines) is 1. The van der Waals surface area contributed by atoms with Crippen molar-refractivity contribution >= 4 is 11.8 Å². The number of aryl methyl sites for hydroxylation is 2. The number of amides is 2. The number of nitrogens with one attached hydrogen (secondary N) is 1. The third-order valence-electron chi connectivity index (χ3n) is 6.07. The van der Waals surface area contributed by atoms with Crippen molar-refractivity contribution in [3.63, 3.8) is 0 Å². The van der Waals surface area contributed by atoms with Crippen LogP contribution in [0.2, 0.25) is 0 Å². The Labute approximate surface area is 169 Å². The van der Waals surface area contributed by atoms with Gasteiger partial charge in [0.25, 0.3) is 0 Å². The maximum absolute atomic E-state index is 12.6. The zero-order valence-corrected chi connectivity index (χ0v) is 17.4. The lowest BCUT2D eigenvalue weighted by atomic mass is 9.80. The minimum absolute atomic E-state index is 0.00710. The summed E-state index contributed by atoms with van der Waals surface area (Å²) in [5, 5.41) is 11.3. The Kier molecular flexibility index (Phi) is 4.92. The summed E-state index contributed by atoms with van der Waals surface area (Å²) in [7, 11) is 0. The highest BCUT2D eigenvalue weighted by atomic mass is 16.5. The molecule has 3 atom stereocenters. The Balaban J connectivity index is 1.49. The number of carbonyl (C=O) groups is 2. The summed E-state index contributed by atoms with van der Waals surface area (Å²) in [6.07, 6.45) is 5.06. The molecule has 0 radical (unpaired) electrons. The van der Waals surface area contributed by atoms with Gasteiger partial charge in [0.15, 0.2) is 5.82 Å². The van der Waals surface area contributed by atoms with Gasteiger partial charge >= 0.3 is 0 Å². The summed E-state index contributed by atoms with van der Waals surface area (Å²) in [6.45, 7) is 8.98. The quantitative estimate of drug-likeness (QED) is 0.809. The number of rotatable bonds is 5. The second-order valence-corrected chi connectivity index (χ2v) is 8.79. The largest absolute Gasteiger partial charge is 0.352 e. The minimum atomic E-state index is -0.397. The first-order valence-electron chi connectivity index (χ1n) is 10.1. The third-order valence-corrected chi connectivity index (χ3v) is 6.07. The van der Waals surface area contributed by atoms with E-state index in [0.717, 1.165) is 12.0 Å². The third kappa shape index (κ3) is 3.65. The molecule has 2 aliphatic rings. The van der Waals surface area contributed by atoms with Gasteiger partial charge in [-0.25, -0.2) is 0 Å². The van der Waals surface area contributed by atoms with Gasteiger partial charge in [0, 0.05) is 31.2 Å². The van der Waals surface area contributed by atoms with Crippen LogP contribution in [0.1, 0.15) is 44.0 Å². The Hall–Kier alpha value is -2.71. The summed E-state index contributed by atoms with van der Waals surface area (Å²) in [6, 6.07) is 0.00710. The van der Waals surface area contributed by atoms with Gasteiger partial charge in [0.1, 0.15) is 6.54 Å². The average Bonchev–Trinajstić information content (AvgIpc) is 3.38. The Morgan fingerprint density at radius 2 is 2.17 bits per heavy atom. The van der Waals surface area contributed by atoms with Crippen LogP contribution in [0.15, 0.2) is 16.9 Å². The molecule has 1 N–H and O–H groups in total. The molecule has 1 aliphatic heterocycles. The highest BCUT2D eigenvalue weighted by Crippen LogP contribution is 2.50. The van der Waals surface area contributed by atoms with E-state index in [1.165, 1.54) is 0 Å². The van der Waals surface area contributed by atoms with Crippen molar-refractivity contribution in [2.24, 2.45) is 11.8 Å². The van der Waals surface area contributed by atoms with Gasteiger partial charge in [-0.15, -0.1) is 0 Å². The van der Waals surface area contributed by atoms with E-state index in [-0.39, 0.29) is 36.2 Å². The van der Waals surface area contributed by atoms with E-state index in [2.05, 4.69) is 20.6 Å². The van der Waals surface area contributed by atoms with Crippen molar-refractivity contribution in [2.75, 3.05) is 13.1 Å². The van der Waals surface area contributed by atoms with Crippen LogP contribution in [0.4, 0.5) is 0 Å². The number of aromatic nitrogens is 4. The molecule has 2 aromatic rings. The van der Waals surface area contributed by atoms with Crippen molar-refractivity contribution < 1.29 is 14.1 Å². The highest BCUT2D eigenvalue weighted by Gasteiger charge is 2.58. The molecule has 0 bridgehead atoms. The van der Waals surface area contributed by atoms with Gasteiger partial charge in [-0.2, -0.15) is 10.1 Å². The number of nitrogens with zero attached hydrogens (tertiary/aromatic N) is 5. The average molecular weight is 400 g/mol. The summed E-state index contributed by atoms with van der Waals surface area (Å²) < 4.78 is 7.21. The predicted molar refractivity (Wildman–Crippen MR) is 104 cm³/mol. The zero-order valence-electron chi connectivity index (χ0n) is 17.4. The van der Waals surface area contributed by atoms with Gasteiger partial charge in [-0.3, -0.25) is 14.3 Å². The molecule has 2 amide bonds. The molecule has 1 saturated carbocycles. The van der Waals surface area contributed by atoms with Crippen LogP contribution in [0.5, 0.6) is 0 Å². The van der Waals surface area contributed by atoms with Gasteiger partial charge in [0.2, 0.25) is 17.7 Å². The normalized spacial score (nSPS) is 26.2. The highest BCUT2D eigenvalue weighted by molar-refractivity contribution is 5.79. The van der Waals surface area contributed by atoms with E-state index in [4.69, 9.17) is 4.52 Å². The van der Waals surface area contributed by atoms with E-state index >= 15 is 0 Å². The number of hydrogen-bond donors (Lipinski definition) is 1. The maximum atomic E-state index is 12.6. The topological polar surface area (TPSA) is 106 Å². The lowest BCUT2D eigenvalue weighted by Crippen LogP contribution is -2.41. The summed E-state index contributed by atoms with van der Waals surface area (Å²) in [4.78, 5) is 31.5. The molecule has 0 aromatic carbocycles. The fraction of sp³-hybridized carbons (Fsp3) is 0.650. The minimum Gasteiger partial charge on any atom is -0.352 e. The molecule has 0 unspecified atom stereocenters. The molecule has 4 rings (SSSR count). The standard InChI is InChI=1S/C20H28N6O3/c1-12(2)18(28)25-9-15-5-16(23-17(27)10-26-8-13(3)7-21-26)6-20(15,11-25)19-22-14(4)24-29-19/h7-8,12,15-16H,5-6,9-11H2,1-4H3,(H,23,27)/t15-,16+,20-/m0/s1. The van der Waals surface area contributed by atoms with Crippen molar-refractivity contribution in [3.8, 4) is 0 Å². The zero-order chi connectivity index (χ0) is 20.8. The predicted octanol–water partition coefficient (Wildman–Crippen LogP) is 1.21. The smallest absolute Gasteiger partial charge is 0.241 e. The molecule has 1 saturated heterocycles. The molecule has 0 spiro atoms. The van der Waals surface area contributed by atoms with E-state index < -0.39 is 5.41 Å². The molecule has 156 valence electrons. The number of carbonyl (C=O) groups excluding carboxylic acids is 2. The van der Waals surface area contributed by atoms with Crippen LogP contribution in [-0.4, -0.2) is 55.8 Å². The van der Waals surface area contributed by atoms with Gasteiger partial charge in [-0.1, -0.05) is 19.0 Å². The first-order chi connectivity index (χ1) is 13.8. The van der Waals surface area contributed by atoms with E-state index in [9.17, 15) is 9.59 Å². The Bertz CT molecular complexity index is 919. The van der Waals surface area contributed by atoms with E-state index in [0.29, 0.717) is 31.2 Å². The van der Waals surface area contributed by atoms with Crippen LogP contribution in [0.3, 0.4) is 0 Å². The molecule has 1 aliphatic carbocycles.